The van der Waals surface area contributed by atoms with Gasteiger partial charge >= 0.3 is 12.1 Å². The zero-order chi connectivity index (χ0) is 16.5. The number of nitrogens with zero attached hydrogens (tertiary/aromatic N) is 1. The number of carbonyl (C=O) groups excluding carboxylic acids is 3. The molecule has 2 atom stereocenters. The number of hydrogen-bond donors (Lipinski definition) is 2. The summed E-state index contributed by atoms with van der Waals surface area (Å²) >= 11 is 0. The van der Waals surface area contributed by atoms with E-state index in [1.54, 1.807) is 0 Å². The molecule has 2 amide bonds. The van der Waals surface area contributed by atoms with Crippen LogP contribution in [0.2, 0.25) is 0 Å². The average Bonchev–Trinajstić information content (AvgIpc) is 2.94. The van der Waals surface area contributed by atoms with Gasteiger partial charge in [-0.3, -0.25) is 9.69 Å². The Labute approximate surface area is 129 Å². The van der Waals surface area contributed by atoms with Crippen molar-refractivity contribution in [1.82, 2.24) is 15.5 Å². The zero-order valence-electron chi connectivity index (χ0n) is 13.0. The van der Waals surface area contributed by atoms with Gasteiger partial charge in [-0.05, 0) is 26.4 Å². The summed E-state index contributed by atoms with van der Waals surface area (Å²) in [7, 11) is 3.08. The second-order valence-corrected chi connectivity index (χ2v) is 4.99. The van der Waals surface area contributed by atoms with Gasteiger partial charge in [0, 0.05) is 0 Å². The number of esters is 1. The normalized spacial score (nSPS) is 19.1. The lowest BCUT2D eigenvalue weighted by atomic mass is 10.2. The Bertz CT molecular complexity index is 427. The average molecular weight is 313 g/mol. The van der Waals surface area contributed by atoms with Gasteiger partial charge < -0.3 is 20.1 Å². The van der Waals surface area contributed by atoms with E-state index in [4.69, 9.17) is 4.74 Å². The monoisotopic (exact) mass is 313 g/mol. The summed E-state index contributed by atoms with van der Waals surface area (Å²) in [5.74, 6) is -0.880. The van der Waals surface area contributed by atoms with E-state index in [0.717, 1.165) is 19.4 Å². The Hall–Kier alpha value is -2.09. The predicted octanol–water partition coefficient (Wildman–Crippen LogP) is -0.349. The van der Waals surface area contributed by atoms with Gasteiger partial charge in [0.2, 0.25) is 5.91 Å². The highest BCUT2D eigenvalue weighted by Crippen LogP contribution is 2.14. The smallest absolute Gasteiger partial charge is 0.407 e. The Morgan fingerprint density at radius 1 is 1.45 bits per heavy atom. The van der Waals surface area contributed by atoms with Crippen LogP contribution in [0.15, 0.2) is 12.7 Å². The van der Waals surface area contributed by atoms with Crippen LogP contribution in [0.3, 0.4) is 0 Å². The summed E-state index contributed by atoms with van der Waals surface area (Å²) in [5.41, 5.74) is 0. The van der Waals surface area contributed by atoms with Crippen molar-refractivity contribution in [3.8, 4) is 0 Å². The molecule has 1 unspecified atom stereocenters. The summed E-state index contributed by atoms with van der Waals surface area (Å²) in [4.78, 5) is 37.2. The fraction of sp³-hybridized carbons (Fsp3) is 0.643. The molecule has 0 saturated carbocycles. The lowest BCUT2D eigenvalue weighted by Gasteiger charge is -2.22. The van der Waals surface area contributed by atoms with Gasteiger partial charge in [-0.25, -0.2) is 9.59 Å². The van der Waals surface area contributed by atoms with Crippen LogP contribution in [-0.2, 0) is 19.1 Å². The highest BCUT2D eigenvalue weighted by atomic mass is 16.5. The summed E-state index contributed by atoms with van der Waals surface area (Å²) in [6.07, 6.45) is 2.41. The van der Waals surface area contributed by atoms with E-state index in [2.05, 4.69) is 21.9 Å². The quantitative estimate of drug-likeness (QED) is 0.493. The molecule has 2 N–H and O–H groups in total. The Morgan fingerprint density at radius 2 is 2.18 bits per heavy atom. The predicted molar refractivity (Wildman–Crippen MR) is 79.1 cm³/mol. The first-order valence-corrected chi connectivity index (χ1v) is 7.09. The highest BCUT2D eigenvalue weighted by Gasteiger charge is 2.31. The number of likely N-dealkylation sites (tertiary alicyclic amines) is 1. The third-order valence-electron chi connectivity index (χ3n) is 3.41. The molecular formula is C14H23N3O5. The first-order chi connectivity index (χ1) is 10.5. The van der Waals surface area contributed by atoms with Crippen molar-refractivity contribution in [3.63, 3.8) is 0 Å². The van der Waals surface area contributed by atoms with Crippen LogP contribution < -0.4 is 10.6 Å². The van der Waals surface area contributed by atoms with Crippen molar-refractivity contribution < 1.29 is 23.9 Å². The molecule has 8 heteroatoms. The van der Waals surface area contributed by atoms with Crippen LogP contribution in [0.5, 0.6) is 0 Å². The minimum Gasteiger partial charge on any atom is -0.467 e. The van der Waals surface area contributed by atoms with Gasteiger partial charge in [-0.2, -0.15) is 0 Å². The van der Waals surface area contributed by atoms with Gasteiger partial charge in [-0.15, -0.1) is 0 Å². The van der Waals surface area contributed by atoms with Crippen LogP contribution in [0.25, 0.3) is 0 Å². The molecule has 124 valence electrons. The summed E-state index contributed by atoms with van der Waals surface area (Å²) < 4.78 is 9.38. The molecule has 0 radical (unpaired) electrons. The summed E-state index contributed by atoms with van der Waals surface area (Å²) in [5, 5.41) is 5.01. The van der Waals surface area contributed by atoms with Crippen LogP contribution in [0.1, 0.15) is 12.8 Å². The molecule has 0 aromatic heterocycles. The minimum atomic E-state index is -0.956. The number of methoxy groups -OCH3 is 1. The SMILES string of the molecule is C=CCOC(=O)NC[C@H](NC(=O)C1CCCN1C)C(=O)OC. The first kappa shape index (κ1) is 18.0. The zero-order valence-corrected chi connectivity index (χ0v) is 13.0. The fourth-order valence-electron chi connectivity index (χ4n) is 2.22. The lowest BCUT2D eigenvalue weighted by Crippen LogP contribution is -2.53. The van der Waals surface area contributed by atoms with Crippen molar-refractivity contribution in [3.05, 3.63) is 12.7 Å². The largest absolute Gasteiger partial charge is 0.467 e. The van der Waals surface area contributed by atoms with Gasteiger partial charge in [0.05, 0.1) is 19.7 Å². The fourth-order valence-corrected chi connectivity index (χ4v) is 2.22. The van der Waals surface area contributed by atoms with Crippen LogP contribution in [-0.4, -0.2) is 68.8 Å². The van der Waals surface area contributed by atoms with E-state index >= 15 is 0 Å². The van der Waals surface area contributed by atoms with Crippen LogP contribution >= 0.6 is 0 Å². The molecule has 0 bridgehead atoms. The Morgan fingerprint density at radius 3 is 2.73 bits per heavy atom. The van der Waals surface area contributed by atoms with Crippen molar-refractivity contribution in [2.24, 2.45) is 0 Å². The van der Waals surface area contributed by atoms with E-state index in [9.17, 15) is 14.4 Å². The second-order valence-electron chi connectivity index (χ2n) is 4.99. The van der Waals surface area contributed by atoms with E-state index in [1.807, 2.05) is 11.9 Å². The molecule has 0 aromatic carbocycles. The maximum atomic E-state index is 12.2. The van der Waals surface area contributed by atoms with Gasteiger partial charge in [0.1, 0.15) is 12.6 Å². The third-order valence-corrected chi connectivity index (χ3v) is 3.41. The molecule has 1 fully saturated rings. The van der Waals surface area contributed by atoms with E-state index < -0.39 is 18.1 Å². The third kappa shape index (κ3) is 5.36. The molecule has 1 aliphatic rings. The molecule has 0 aliphatic carbocycles. The summed E-state index contributed by atoms with van der Waals surface area (Å²) in [6, 6.07) is -1.22. The van der Waals surface area contributed by atoms with Crippen molar-refractivity contribution in [1.29, 1.82) is 0 Å². The lowest BCUT2D eigenvalue weighted by molar-refractivity contribution is -0.145. The molecule has 1 rings (SSSR count). The number of carbonyl (C=O) groups is 3. The molecule has 8 nitrogen and oxygen atoms in total. The summed E-state index contributed by atoms with van der Waals surface area (Å²) in [6.45, 7) is 4.22. The van der Waals surface area contributed by atoms with E-state index in [0.29, 0.717) is 0 Å². The molecule has 0 aromatic rings. The number of ether oxygens (including phenoxy) is 2. The molecule has 1 saturated heterocycles. The van der Waals surface area contributed by atoms with Crippen molar-refractivity contribution >= 4 is 18.0 Å². The number of hydrogen-bond acceptors (Lipinski definition) is 6. The molecule has 0 spiro atoms. The number of amides is 2. The maximum absolute atomic E-state index is 12.2. The van der Waals surface area contributed by atoms with Crippen LogP contribution in [0.4, 0.5) is 4.79 Å². The number of nitrogens with one attached hydrogen (secondary N) is 2. The molecule has 22 heavy (non-hydrogen) atoms. The Balaban J connectivity index is 2.53. The minimum absolute atomic E-state index is 0.0634. The van der Waals surface area contributed by atoms with Gasteiger partial charge in [0.25, 0.3) is 0 Å². The topological polar surface area (TPSA) is 97.0 Å². The molecule has 1 aliphatic heterocycles. The van der Waals surface area contributed by atoms with Gasteiger partial charge in [-0.1, -0.05) is 12.7 Å². The second kappa shape index (κ2) is 9.04. The number of likely N-dealkylation sites (N-methyl/N-ethyl adjacent to an activating group) is 1. The van der Waals surface area contributed by atoms with E-state index in [-0.39, 0.29) is 25.1 Å². The standard InChI is InChI=1S/C14H23N3O5/c1-4-8-22-14(20)15-9-10(13(19)21-3)16-12(18)11-6-5-7-17(11)2/h4,10-11H,1,5-9H2,2-3H3,(H,15,20)(H,16,18)/t10-,11?/m0/s1. The van der Waals surface area contributed by atoms with Crippen molar-refractivity contribution in [2.75, 3.05) is 33.9 Å². The van der Waals surface area contributed by atoms with E-state index in [1.165, 1.54) is 13.2 Å². The maximum Gasteiger partial charge on any atom is 0.407 e. The molecule has 1 heterocycles. The first-order valence-electron chi connectivity index (χ1n) is 7.09. The number of rotatable bonds is 7. The number of alkyl carbamates (subject to hydrolysis) is 1. The van der Waals surface area contributed by atoms with Crippen LogP contribution in [0, 0.1) is 0 Å². The van der Waals surface area contributed by atoms with Crippen molar-refractivity contribution in [2.45, 2.75) is 24.9 Å². The molecular weight excluding hydrogens is 290 g/mol. The van der Waals surface area contributed by atoms with Gasteiger partial charge in [0.15, 0.2) is 0 Å². The highest BCUT2D eigenvalue weighted by molar-refractivity contribution is 5.88. The Kier molecular flexibility index (Phi) is 7.38.